The van der Waals surface area contributed by atoms with Crippen molar-refractivity contribution < 1.29 is 14.3 Å². The van der Waals surface area contributed by atoms with E-state index in [0.717, 1.165) is 24.0 Å². The predicted octanol–water partition coefficient (Wildman–Crippen LogP) is 3.19. The van der Waals surface area contributed by atoms with Gasteiger partial charge in [0.1, 0.15) is 11.4 Å². The third-order valence-electron chi connectivity index (χ3n) is 4.28. The summed E-state index contributed by atoms with van der Waals surface area (Å²) in [5.74, 6) is 0.161. The van der Waals surface area contributed by atoms with Gasteiger partial charge in [-0.15, -0.1) is 0 Å². The molecule has 1 fully saturated rings. The number of aliphatic hydroxyl groups is 1. The molecule has 1 N–H and O–H groups in total. The van der Waals surface area contributed by atoms with E-state index in [1.807, 2.05) is 0 Å². The Kier molecular flexibility index (Phi) is 4.04. The minimum Gasteiger partial charge on any atom is -0.382 e. The second-order valence-electron chi connectivity index (χ2n) is 5.88. The first-order valence-corrected chi connectivity index (χ1v) is 6.91. The summed E-state index contributed by atoms with van der Waals surface area (Å²) in [6.07, 6.45) is 3.08. The molecule has 3 heteroatoms. The number of hydrogen-bond acceptors (Lipinski definition) is 2. The molecule has 1 aliphatic rings. The van der Waals surface area contributed by atoms with Crippen LogP contribution in [0.3, 0.4) is 0 Å². The predicted molar refractivity (Wildman–Crippen MR) is 72.4 cm³/mol. The van der Waals surface area contributed by atoms with Crippen LogP contribution < -0.4 is 0 Å². The van der Waals surface area contributed by atoms with E-state index < -0.39 is 5.60 Å². The zero-order chi connectivity index (χ0) is 14.0. The van der Waals surface area contributed by atoms with Crippen molar-refractivity contribution in [1.82, 2.24) is 0 Å². The number of carbonyl (C=O) groups is 1. The summed E-state index contributed by atoms with van der Waals surface area (Å²) in [6.45, 7) is 3.94. The molecule has 0 atom stereocenters. The van der Waals surface area contributed by atoms with Gasteiger partial charge in [0, 0.05) is 6.42 Å². The number of benzene rings is 1. The minimum absolute atomic E-state index is 0.130. The maximum atomic E-state index is 13.0. The van der Waals surface area contributed by atoms with Crippen LogP contribution in [0.25, 0.3) is 0 Å². The summed E-state index contributed by atoms with van der Waals surface area (Å²) in [5.41, 5.74) is 0.396. The molecule has 0 aliphatic heterocycles. The Balaban J connectivity index is 2.08. The first-order chi connectivity index (χ1) is 8.90. The lowest BCUT2D eigenvalue weighted by molar-refractivity contribution is -0.140. The van der Waals surface area contributed by atoms with Gasteiger partial charge in [-0.3, -0.25) is 4.79 Å². The summed E-state index contributed by atoms with van der Waals surface area (Å²) in [4.78, 5) is 12.3. The van der Waals surface area contributed by atoms with Gasteiger partial charge in [0.15, 0.2) is 5.78 Å². The minimum atomic E-state index is -1.17. The monoisotopic (exact) mass is 264 g/mol. The molecular weight excluding hydrogens is 243 g/mol. The Morgan fingerprint density at radius 2 is 2.05 bits per heavy atom. The van der Waals surface area contributed by atoms with Gasteiger partial charge in [0.2, 0.25) is 0 Å². The van der Waals surface area contributed by atoms with Crippen LogP contribution in [-0.2, 0) is 11.2 Å². The average Bonchev–Trinajstić information content (AvgIpc) is 2.36. The van der Waals surface area contributed by atoms with Crippen LogP contribution in [0.5, 0.6) is 0 Å². The summed E-state index contributed by atoms with van der Waals surface area (Å²) in [5, 5.41) is 10.4. The molecule has 19 heavy (non-hydrogen) atoms. The average molecular weight is 264 g/mol. The van der Waals surface area contributed by atoms with E-state index in [1.54, 1.807) is 13.0 Å². The molecule has 0 radical (unpaired) electrons. The van der Waals surface area contributed by atoms with Crippen molar-refractivity contribution in [2.45, 2.75) is 51.6 Å². The number of Topliss-reactive ketones (excluding diaryl/α,β-unsaturated/α-hetero) is 1. The Morgan fingerprint density at radius 1 is 1.42 bits per heavy atom. The number of ketones is 1. The molecule has 0 bridgehead atoms. The molecule has 0 unspecified atom stereocenters. The van der Waals surface area contributed by atoms with Crippen molar-refractivity contribution in [3.05, 3.63) is 35.1 Å². The zero-order valence-corrected chi connectivity index (χ0v) is 11.6. The van der Waals surface area contributed by atoms with E-state index in [-0.39, 0.29) is 18.0 Å². The van der Waals surface area contributed by atoms with E-state index in [4.69, 9.17) is 0 Å². The van der Waals surface area contributed by atoms with Crippen LogP contribution in [0.15, 0.2) is 18.2 Å². The van der Waals surface area contributed by atoms with Crippen molar-refractivity contribution in [3.8, 4) is 0 Å². The van der Waals surface area contributed by atoms with Gasteiger partial charge in [-0.25, -0.2) is 4.39 Å². The van der Waals surface area contributed by atoms with Gasteiger partial charge in [-0.1, -0.05) is 13.0 Å². The van der Waals surface area contributed by atoms with Gasteiger partial charge in [-0.05, 0) is 61.8 Å². The normalized spacial score (nSPS) is 27.3. The van der Waals surface area contributed by atoms with Crippen LogP contribution in [0.2, 0.25) is 0 Å². The van der Waals surface area contributed by atoms with Gasteiger partial charge in [0.25, 0.3) is 0 Å². The molecule has 0 amide bonds. The van der Waals surface area contributed by atoms with Crippen LogP contribution in [0.4, 0.5) is 4.39 Å². The molecule has 104 valence electrons. The zero-order valence-electron chi connectivity index (χ0n) is 11.6. The molecule has 1 aromatic rings. The smallest absolute Gasteiger partial charge is 0.168 e. The topological polar surface area (TPSA) is 37.3 Å². The van der Waals surface area contributed by atoms with E-state index in [1.165, 1.54) is 12.1 Å². The molecule has 0 aromatic heterocycles. The van der Waals surface area contributed by atoms with Crippen molar-refractivity contribution in [1.29, 1.82) is 0 Å². The molecule has 1 aromatic carbocycles. The summed E-state index contributed by atoms with van der Waals surface area (Å²) in [6, 6.07) is 4.43. The number of hydrogen-bond donors (Lipinski definition) is 1. The third kappa shape index (κ3) is 3.21. The molecule has 1 aliphatic carbocycles. The Bertz CT molecular complexity index is 474. The first-order valence-electron chi connectivity index (χ1n) is 6.91. The van der Waals surface area contributed by atoms with Gasteiger partial charge in [0.05, 0.1) is 0 Å². The van der Waals surface area contributed by atoms with Gasteiger partial charge < -0.3 is 5.11 Å². The third-order valence-corrected chi connectivity index (χ3v) is 4.28. The first kappa shape index (κ1) is 14.2. The fraction of sp³-hybridized carbons (Fsp3) is 0.562. The van der Waals surface area contributed by atoms with E-state index in [2.05, 4.69) is 6.92 Å². The molecule has 2 nitrogen and oxygen atoms in total. The van der Waals surface area contributed by atoms with E-state index >= 15 is 0 Å². The van der Waals surface area contributed by atoms with Crippen molar-refractivity contribution in [3.63, 3.8) is 0 Å². The highest BCUT2D eigenvalue weighted by molar-refractivity contribution is 5.89. The lowest BCUT2D eigenvalue weighted by atomic mass is 9.76. The summed E-state index contributed by atoms with van der Waals surface area (Å²) < 4.78 is 13.0. The number of rotatable bonds is 3. The highest BCUT2D eigenvalue weighted by atomic mass is 19.1. The Hall–Kier alpha value is -1.22. The Morgan fingerprint density at radius 3 is 2.63 bits per heavy atom. The van der Waals surface area contributed by atoms with Gasteiger partial charge >= 0.3 is 0 Å². The summed E-state index contributed by atoms with van der Waals surface area (Å²) in [7, 11) is 0. The Labute approximate surface area is 113 Å². The van der Waals surface area contributed by atoms with Crippen molar-refractivity contribution in [2.24, 2.45) is 5.92 Å². The van der Waals surface area contributed by atoms with E-state index in [0.29, 0.717) is 18.8 Å². The second-order valence-corrected chi connectivity index (χ2v) is 5.88. The molecule has 0 saturated heterocycles. The van der Waals surface area contributed by atoms with Gasteiger partial charge in [-0.2, -0.15) is 0 Å². The number of halogens is 1. The highest BCUT2D eigenvalue weighted by Gasteiger charge is 2.38. The quantitative estimate of drug-likeness (QED) is 0.910. The van der Waals surface area contributed by atoms with Crippen molar-refractivity contribution >= 4 is 5.78 Å². The maximum Gasteiger partial charge on any atom is 0.168 e. The molecule has 1 saturated carbocycles. The molecule has 0 spiro atoms. The van der Waals surface area contributed by atoms with Crippen LogP contribution in [0.1, 0.15) is 43.7 Å². The molecule has 2 rings (SSSR count). The number of carbonyl (C=O) groups excluding carboxylic acids is 1. The second kappa shape index (κ2) is 5.41. The van der Waals surface area contributed by atoms with E-state index in [9.17, 15) is 14.3 Å². The maximum absolute atomic E-state index is 13.0. The molecule has 0 heterocycles. The lowest BCUT2D eigenvalue weighted by Crippen LogP contribution is -2.42. The fourth-order valence-electron chi connectivity index (χ4n) is 2.71. The molecular formula is C16H21FO2. The fourth-order valence-corrected chi connectivity index (χ4v) is 2.71. The van der Waals surface area contributed by atoms with Crippen LogP contribution in [-0.4, -0.2) is 16.5 Å². The summed E-state index contributed by atoms with van der Waals surface area (Å²) >= 11 is 0. The SMILES string of the molecule is Cc1cc(F)ccc1CC(=O)C1(O)CCC(C)CC1. The van der Waals surface area contributed by atoms with Crippen LogP contribution in [0, 0.1) is 18.7 Å². The standard InChI is InChI=1S/C16H21FO2/c1-11-5-7-16(19,8-6-11)15(18)10-13-3-4-14(17)9-12(13)2/h3-4,9,11,19H,5-8,10H2,1-2H3. The highest BCUT2D eigenvalue weighted by Crippen LogP contribution is 2.33. The number of aryl methyl sites for hydroxylation is 1. The lowest BCUT2D eigenvalue weighted by Gasteiger charge is -2.33. The van der Waals surface area contributed by atoms with Crippen molar-refractivity contribution in [2.75, 3.05) is 0 Å². The largest absolute Gasteiger partial charge is 0.382 e. The van der Waals surface area contributed by atoms with Crippen LogP contribution >= 0.6 is 0 Å².